The molecule has 8 N–H and O–H groups in total. The lowest BCUT2D eigenvalue weighted by Gasteiger charge is -2.50. The van der Waals surface area contributed by atoms with Crippen LogP contribution in [0, 0.1) is 17.8 Å². The molecule has 5 aliphatic rings. The molecule has 0 aromatic rings. The molecule has 5 rings (SSSR count). The fourth-order valence-electron chi connectivity index (χ4n) is 10.0. The van der Waals surface area contributed by atoms with Crippen LogP contribution in [0.5, 0.6) is 0 Å². The molecule has 0 amide bonds. The molecular formula is C55H94O24. The Hall–Kier alpha value is -2.76. The maximum atomic E-state index is 14.1. The topological polar surface area (TPSA) is 341 Å². The van der Waals surface area contributed by atoms with E-state index < -0.39 is 183 Å². The highest BCUT2D eigenvalue weighted by Crippen LogP contribution is 2.38. The van der Waals surface area contributed by atoms with Crippen molar-refractivity contribution in [3.05, 3.63) is 0 Å². The van der Waals surface area contributed by atoms with E-state index in [1.807, 2.05) is 0 Å². The molecule has 5 heterocycles. The molecule has 26 unspecified atom stereocenters. The van der Waals surface area contributed by atoms with Crippen LogP contribution in [0.25, 0.3) is 0 Å². The minimum atomic E-state index is -2.06. The zero-order valence-electron chi connectivity index (χ0n) is 47.7. The Morgan fingerprint density at radius 2 is 1.11 bits per heavy atom. The Labute approximate surface area is 464 Å². The van der Waals surface area contributed by atoms with Gasteiger partial charge in [0.2, 0.25) is 0 Å². The first kappa shape index (κ1) is 67.0. The number of rotatable bonds is 16. The van der Waals surface area contributed by atoms with Crippen molar-refractivity contribution in [3.8, 4) is 0 Å². The first-order valence-electron chi connectivity index (χ1n) is 28.9. The van der Waals surface area contributed by atoms with Crippen LogP contribution in [0.3, 0.4) is 0 Å². The summed E-state index contributed by atoms with van der Waals surface area (Å²) < 4.78 is 74.3. The van der Waals surface area contributed by atoms with Gasteiger partial charge in [0.05, 0.1) is 54.4 Å². The van der Waals surface area contributed by atoms with Gasteiger partial charge in [-0.15, -0.1) is 0 Å². The summed E-state index contributed by atoms with van der Waals surface area (Å²) in [7, 11) is 0. The molecule has 0 saturated carbocycles. The molecule has 5 aliphatic heterocycles. The van der Waals surface area contributed by atoms with Crippen LogP contribution in [0.1, 0.15) is 159 Å². The van der Waals surface area contributed by atoms with E-state index in [9.17, 15) is 60.0 Å². The van der Waals surface area contributed by atoms with Gasteiger partial charge in [0.15, 0.2) is 43.5 Å². The standard InChI is InChI=1S/C55H94O24/c1-11-13-19-22-34-23-20-17-15-14-16-18-21-24-36(58)74-47-44(77-52-42(64)41(63)43(32(9)70-52)75-49(65)26(3)12-2)33(10)71-55(48(47)76-51(67)28(5)30(7)57)79-46-40(62)38(60)35(25-68-50(66)27(4)29(6)56)73-54(46)78-45-39(61)37(59)31(8)69-53(45)72-34/h26-35,37-48,52-57,59-64H,11-25H2,1-10H3. The lowest BCUT2D eigenvalue weighted by atomic mass is 9.95. The molecule has 0 aromatic carbocycles. The van der Waals surface area contributed by atoms with E-state index in [1.54, 1.807) is 20.8 Å². The molecular weight excluding hydrogens is 1040 g/mol. The quantitative estimate of drug-likeness (QED) is 0.0623. The lowest BCUT2D eigenvalue weighted by molar-refractivity contribution is -0.399. The van der Waals surface area contributed by atoms with Crippen LogP contribution in [0.2, 0.25) is 0 Å². The van der Waals surface area contributed by atoms with Crippen LogP contribution in [-0.4, -0.2) is 212 Å². The van der Waals surface area contributed by atoms with Gasteiger partial charge < -0.3 is 97.7 Å². The Balaban J connectivity index is 1.60. The fourth-order valence-corrected chi connectivity index (χ4v) is 10.0. The molecule has 458 valence electrons. The van der Waals surface area contributed by atoms with Crippen LogP contribution >= 0.6 is 0 Å². The van der Waals surface area contributed by atoms with Crippen molar-refractivity contribution in [2.24, 2.45) is 17.8 Å². The molecule has 5 saturated heterocycles. The maximum absolute atomic E-state index is 14.1. The second-order valence-corrected chi connectivity index (χ2v) is 22.4. The summed E-state index contributed by atoms with van der Waals surface area (Å²) in [4.78, 5) is 53.9. The van der Waals surface area contributed by atoms with Crippen molar-refractivity contribution >= 4 is 23.9 Å². The van der Waals surface area contributed by atoms with Gasteiger partial charge in [0, 0.05) is 6.42 Å². The minimum Gasteiger partial charge on any atom is -0.463 e. The molecule has 0 aromatic heterocycles. The van der Waals surface area contributed by atoms with Crippen molar-refractivity contribution < 1.29 is 117 Å². The highest BCUT2D eigenvalue weighted by Gasteiger charge is 2.58. The van der Waals surface area contributed by atoms with Crippen molar-refractivity contribution in [1.82, 2.24) is 0 Å². The molecule has 0 radical (unpaired) electrons. The third-order valence-corrected chi connectivity index (χ3v) is 16.0. The highest BCUT2D eigenvalue weighted by molar-refractivity contribution is 5.74. The van der Waals surface area contributed by atoms with Gasteiger partial charge in [-0.2, -0.15) is 0 Å². The smallest absolute Gasteiger partial charge is 0.311 e. The largest absolute Gasteiger partial charge is 0.463 e. The van der Waals surface area contributed by atoms with E-state index in [4.69, 9.17) is 56.8 Å². The van der Waals surface area contributed by atoms with Gasteiger partial charge in [0.1, 0.15) is 67.6 Å². The number of aliphatic hydroxyl groups is 8. The van der Waals surface area contributed by atoms with E-state index in [0.29, 0.717) is 32.1 Å². The molecule has 24 nitrogen and oxygen atoms in total. The van der Waals surface area contributed by atoms with E-state index in [2.05, 4.69) is 6.92 Å². The third kappa shape index (κ3) is 18.1. The number of carbonyl (C=O) groups excluding carboxylic acids is 4. The number of ether oxygens (including phenoxy) is 12. The average Bonchev–Trinajstić information content (AvgIpc) is 3.55. The lowest BCUT2D eigenvalue weighted by Crippen LogP contribution is -2.68. The summed E-state index contributed by atoms with van der Waals surface area (Å²) in [6.45, 7) is 14.8. The van der Waals surface area contributed by atoms with Crippen molar-refractivity contribution in [2.45, 2.75) is 300 Å². The third-order valence-electron chi connectivity index (χ3n) is 16.0. The molecule has 24 heteroatoms. The van der Waals surface area contributed by atoms with Crippen LogP contribution in [0.15, 0.2) is 0 Å². The molecule has 2 bridgehead atoms. The zero-order chi connectivity index (χ0) is 58.4. The summed E-state index contributed by atoms with van der Waals surface area (Å²) in [5.74, 6) is -6.06. The number of hydrogen-bond donors (Lipinski definition) is 8. The van der Waals surface area contributed by atoms with Gasteiger partial charge >= 0.3 is 23.9 Å². The Bertz CT molecular complexity index is 1860. The first-order chi connectivity index (χ1) is 37.4. The first-order valence-corrected chi connectivity index (χ1v) is 28.9. The van der Waals surface area contributed by atoms with Crippen molar-refractivity contribution in [2.75, 3.05) is 6.61 Å². The van der Waals surface area contributed by atoms with Crippen LogP contribution < -0.4 is 0 Å². The Kier molecular flexibility index (Phi) is 27.0. The van der Waals surface area contributed by atoms with E-state index in [1.165, 1.54) is 41.5 Å². The van der Waals surface area contributed by atoms with Gasteiger partial charge in [-0.25, -0.2) is 0 Å². The van der Waals surface area contributed by atoms with E-state index in [0.717, 1.165) is 51.4 Å². The summed E-state index contributed by atoms with van der Waals surface area (Å²) in [5, 5.41) is 90.7. The molecule has 5 fully saturated rings. The number of unbranched alkanes of at least 4 members (excludes halogenated alkanes) is 2. The Morgan fingerprint density at radius 3 is 1.75 bits per heavy atom. The average molecular weight is 1140 g/mol. The summed E-state index contributed by atoms with van der Waals surface area (Å²) in [5.41, 5.74) is 0. The number of aliphatic hydroxyl groups excluding tert-OH is 8. The molecule has 0 aliphatic carbocycles. The Morgan fingerprint density at radius 1 is 0.557 bits per heavy atom. The van der Waals surface area contributed by atoms with Gasteiger partial charge in [-0.05, 0) is 74.1 Å². The zero-order valence-corrected chi connectivity index (χ0v) is 47.7. The highest BCUT2D eigenvalue weighted by atomic mass is 16.8. The minimum absolute atomic E-state index is 0.107. The van der Waals surface area contributed by atoms with Gasteiger partial charge in [-0.1, -0.05) is 78.6 Å². The number of carbonyl (C=O) groups is 4. The normalized spacial score (nSPS) is 40.5. The monoisotopic (exact) mass is 1140 g/mol. The molecule has 26 atom stereocenters. The molecule has 0 spiro atoms. The van der Waals surface area contributed by atoms with Gasteiger partial charge in [0.25, 0.3) is 0 Å². The maximum Gasteiger partial charge on any atom is 0.311 e. The number of fused-ring (bicyclic) bond motifs is 4. The SMILES string of the molecule is CCCCCC1CCCCCCCCCC(=O)OC2C(OC3OC(C)C(OC(=O)C(C)CC)C(O)C3O)C(C)OC(OC3C(OC(COC(=O)C(C)C(C)O)C(O)C3O)OC3C(O1)OC(C)C(O)C3O)C2OC(=O)C(C)C(C)O. The predicted molar refractivity (Wildman–Crippen MR) is 275 cm³/mol. The second-order valence-electron chi connectivity index (χ2n) is 22.4. The summed E-state index contributed by atoms with van der Waals surface area (Å²) in [6.07, 6.45) is -25.9. The second kappa shape index (κ2) is 31.8. The number of hydrogen-bond acceptors (Lipinski definition) is 24. The van der Waals surface area contributed by atoms with E-state index >= 15 is 0 Å². The van der Waals surface area contributed by atoms with Crippen LogP contribution in [-0.2, 0) is 76.0 Å². The van der Waals surface area contributed by atoms with Crippen LogP contribution in [0.4, 0.5) is 0 Å². The van der Waals surface area contributed by atoms with Gasteiger partial charge in [-0.3, -0.25) is 19.2 Å². The van der Waals surface area contributed by atoms with Crippen molar-refractivity contribution in [1.29, 1.82) is 0 Å². The van der Waals surface area contributed by atoms with E-state index in [-0.39, 0.29) is 12.5 Å². The summed E-state index contributed by atoms with van der Waals surface area (Å²) >= 11 is 0. The fraction of sp³-hybridized carbons (Fsp3) is 0.927. The van der Waals surface area contributed by atoms with Crippen molar-refractivity contribution in [3.63, 3.8) is 0 Å². The summed E-state index contributed by atoms with van der Waals surface area (Å²) in [6, 6.07) is 0. The predicted octanol–water partition coefficient (Wildman–Crippen LogP) is 2.12. The number of esters is 4. The molecule has 79 heavy (non-hydrogen) atoms.